The first kappa shape index (κ1) is 10.7. The van der Waals surface area contributed by atoms with Crippen LogP contribution in [0.15, 0.2) is 30.3 Å². The number of hydrogen-bond acceptors (Lipinski definition) is 2. The molecule has 1 unspecified atom stereocenters. The highest BCUT2D eigenvalue weighted by Gasteiger charge is 2.18. The predicted octanol–water partition coefficient (Wildman–Crippen LogP) is 1.89. The first-order valence-electron chi connectivity index (χ1n) is 4.52. The molecule has 3 heteroatoms. The van der Waals surface area contributed by atoms with Gasteiger partial charge in [-0.1, -0.05) is 30.3 Å². The molecule has 14 heavy (non-hydrogen) atoms. The van der Waals surface area contributed by atoms with Crippen LogP contribution in [-0.4, -0.2) is 24.8 Å². The van der Waals surface area contributed by atoms with Crippen LogP contribution in [0.2, 0.25) is 0 Å². The second-order valence-corrected chi connectivity index (χ2v) is 3.08. The third-order valence-corrected chi connectivity index (χ3v) is 2.11. The Morgan fingerprint density at radius 2 is 2.07 bits per heavy atom. The molecule has 0 aromatic heterocycles. The van der Waals surface area contributed by atoms with Gasteiger partial charge in [0, 0.05) is 13.7 Å². The van der Waals surface area contributed by atoms with Crippen LogP contribution in [-0.2, 0) is 9.53 Å². The van der Waals surface area contributed by atoms with Crippen molar-refractivity contribution in [2.75, 3.05) is 13.7 Å². The van der Waals surface area contributed by atoms with Gasteiger partial charge in [0.05, 0.1) is 5.92 Å². The molecule has 0 radical (unpaired) electrons. The van der Waals surface area contributed by atoms with Crippen molar-refractivity contribution in [3.05, 3.63) is 35.9 Å². The number of carboxylic acids is 1. The van der Waals surface area contributed by atoms with Gasteiger partial charge in [0.1, 0.15) is 0 Å². The van der Waals surface area contributed by atoms with Crippen molar-refractivity contribution in [2.24, 2.45) is 0 Å². The molecule has 0 aliphatic heterocycles. The molecule has 1 rings (SSSR count). The Morgan fingerprint density at radius 3 is 2.57 bits per heavy atom. The van der Waals surface area contributed by atoms with Crippen LogP contribution in [0.25, 0.3) is 0 Å². The monoisotopic (exact) mass is 194 g/mol. The van der Waals surface area contributed by atoms with Gasteiger partial charge in [-0.3, -0.25) is 4.79 Å². The Balaban J connectivity index is 2.73. The summed E-state index contributed by atoms with van der Waals surface area (Å²) in [7, 11) is 1.57. The van der Waals surface area contributed by atoms with E-state index in [1.54, 1.807) is 7.11 Å². The van der Waals surface area contributed by atoms with Crippen molar-refractivity contribution in [3.63, 3.8) is 0 Å². The van der Waals surface area contributed by atoms with Crippen LogP contribution in [0.4, 0.5) is 0 Å². The van der Waals surface area contributed by atoms with E-state index >= 15 is 0 Å². The summed E-state index contributed by atoms with van der Waals surface area (Å²) in [5.74, 6) is -1.26. The summed E-state index contributed by atoms with van der Waals surface area (Å²) < 4.78 is 4.88. The SMILES string of the molecule is COCCC(C(=O)O)c1ccccc1. The lowest BCUT2D eigenvalue weighted by Gasteiger charge is -2.11. The fourth-order valence-corrected chi connectivity index (χ4v) is 1.35. The van der Waals surface area contributed by atoms with Gasteiger partial charge >= 0.3 is 5.97 Å². The molecule has 1 aromatic rings. The highest BCUT2D eigenvalue weighted by Crippen LogP contribution is 2.19. The predicted molar refractivity (Wildman–Crippen MR) is 53.3 cm³/mol. The Kier molecular flexibility index (Phi) is 4.13. The average Bonchev–Trinajstić information content (AvgIpc) is 2.19. The molecule has 1 aromatic carbocycles. The lowest BCUT2D eigenvalue weighted by atomic mass is 9.96. The minimum atomic E-state index is -0.798. The van der Waals surface area contributed by atoms with Crippen LogP contribution in [0, 0.1) is 0 Å². The molecule has 0 aliphatic carbocycles. The van der Waals surface area contributed by atoms with Gasteiger partial charge in [-0.05, 0) is 12.0 Å². The largest absolute Gasteiger partial charge is 0.481 e. The first-order valence-corrected chi connectivity index (χ1v) is 4.52. The number of benzene rings is 1. The van der Waals surface area contributed by atoms with Crippen LogP contribution in [0.1, 0.15) is 17.9 Å². The number of rotatable bonds is 5. The van der Waals surface area contributed by atoms with Gasteiger partial charge < -0.3 is 9.84 Å². The molecule has 0 saturated heterocycles. The van der Waals surface area contributed by atoms with E-state index < -0.39 is 11.9 Å². The minimum absolute atomic E-state index is 0.462. The zero-order valence-corrected chi connectivity index (χ0v) is 8.14. The van der Waals surface area contributed by atoms with E-state index in [9.17, 15) is 4.79 Å². The molecule has 0 saturated carbocycles. The van der Waals surface area contributed by atoms with E-state index in [4.69, 9.17) is 9.84 Å². The summed E-state index contributed by atoms with van der Waals surface area (Å²) in [4.78, 5) is 11.0. The Morgan fingerprint density at radius 1 is 1.43 bits per heavy atom. The number of hydrogen-bond donors (Lipinski definition) is 1. The average molecular weight is 194 g/mol. The smallest absolute Gasteiger partial charge is 0.311 e. The van der Waals surface area contributed by atoms with Crippen LogP contribution in [0.5, 0.6) is 0 Å². The minimum Gasteiger partial charge on any atom is -0.481 e. The maximum atomic E-state index is 11.0. The van der Waals surface area contributed by atoms with Crippen molar-refractivity contribution in [1.82, 2.24) is 0 Å². The standard InChI is InChI=1S/C11H14O3/c1-14-8-7-10(11(12)13)9-5-3-2-4-6-9/h2-6,10H,7-8H2,1H3,(H,12,13). The Hall–Kier alpha value is -1.35. The van der Waals surface area contributed by atoms with E-state index in [0.717, 1.165) is 5.56 Å². The Bertz CT molecular complexity index is 282. The highest BCUT2D eigenvalue weighted by molar-refractivity contribution is 5.75. The number of carbonyl (C=O) groups is 1. The topological polar surface area (TPSA) is 46.5 Å². The van der Waals surface area contributed by atoms with E-state index in [0.29, 0.717) is 13.0 Å². The molecule has 0 spiro atoms. The summed E-state index contributed by atoms with van der Waals surface area (Å²) in [6.45, 7) is 0.464. The molecular formula is C11H14O3. The van der Waals surface area contributed by atoms with Crippen LogP contribution < -0.4 is 0 Å². The summed E-state index contributed by atoms with van der Waals surface area (Å²) in [6.07, 6.45) is 0.510. The van der Waals surface area contributed by atoms with Gasteiger partial charge in [-0.25, -0.2) is 0 Å². The van der Waals surface area contributed by atoms with Crippen molar-refractivity contribution >= 4 is 5.97 Å². The van der Waals surface area contributed by atoms with E-state index in [2.05, 4.69) is 0 Å². The Labute approximate surface area is 83.3 Å². The summed E-state index contributed by atoms with van der Waals surface area (Å²) in [5, 5.41) is 9.00. The quantitative estimate of drug-likeness (QED) is 0.778. The zero-order chi connectivity index (χ0) is 10.4. The van der Waals surface area contributed by atoms with Gasteiger partial charge in [0.2, 0.25) is 0 Å². The number of carboxylic acid groups (broad SMARTS) is 1. The molecule has 76 valence electrons. The zero-order valence-electron chi connectivity index (χ0n) is 8.14. The number of methoxy groups -OCH3 is 1. The molecule has 3 nitrogen and oxygen atoms in total. The number of ether oxygens (including phenoxy) is 1. The third kappa shape index (κ3) is 2.85. The highest BCUT2D eigenvalue weighted by atomic mass is 16.5. The summed E-state index contributed by atoms with van der Waals surface area (Å²) in [5.41, 5.74) is 0.831. The van der Waals surface area contributed by atoms with Crippen molar-refractivity contribution < 1.29 is 14.6 Å². The van der Waals surface area contributed by atoms with E-state index in [-0.39, 0.29) is 0 Å². The second-order valence-electron chi connectivity index (χ2n) is 3.08. The maximum absolute atomic E-state index is 11.0. The third-order valence-electron chi connectivity index (χ3n) is 2.11. The van der Waals surface area contributed by atoms with Crippen LogP contribution in [0.3, 0.4) is 0 Å². The summed E-state index contributed by atoms with van der Waals surface area (Å²) in [6, 6.07) is 9.22. The molecular weight excluding hydrogens is 180 g/mol. The lowest BCUT2D eigenvalue weighted by molar-refractivity contribution is -0.139. The van der Waals surface area contributed by atoms with E-state index in [1.807, 2.05) is 30.3 Å². The molecule has 1 N–H and O–H groups in total. The maximum Gasteiger partial charge on any atom is 0.311 e. The van der Waals surface area contributed by atoms with E-state index in [1.165, 1.54) is 0 Å². The van der Waals surface area contributed by atoms with Gasteiger partial charge in [-0.15, -0.1) is 0 Å². The first-order chi connectivity index (χ1) is 6.75. The van der Waals surface area contributed by atoms with Crippen molar-refractivity contribution in [3.8, 4) is 0 Å². The number of aliphatic carboxylic acids is 1. The molecule has 1 atom stereocenters. The molecule has 0 amide bonds. The molecule has 0 aliphatic rings. The lowest BCUT2D eigenvalue weighted by Crippen LogP contribution is -2.13. The molecule has 0 bridgehead atoms. The normalized spacial score (nSPS) is 12.4. The second kappa shape index (κ2) is 5.40. The van der Waals surface area contributed by atoms with Gasteiger partial charge in [0.25, 0.3) is 0 Å². The van der Waals surface area contributed by atoms with Crippen molar-refractivity contribution in [1.29, 1.82) is 0 Å². The van der Waals surface area contributed by atoms with Gasteiger partial charge in [0.15, 0.2) is 0 Å². The fraction of sp³-hybridized carbons (Fsp3) is 0.364. The molecule has 0 fully saturated rings. The fourth-order valence-electron chi connectivity index (χ4n) is 1.35. The van der Waals surface area contributed by atoms with Crippen molar-refractivity contribution in [2.45, 2.75) is 12.3 Å². The van der Waals surface area contributed by atoms with Crippen LogP contribution >= 0.6 is 0 Å². The van der Waals surface area contributed by atoms with Gasteiger partial charge in [-0.2, -0.15) is 0 Å². The molecule has 0 heterocycles. The summed E-state index contributed by atoms with van der Waals surface area (Å²) >= 11 is 0.